The average Bonchev–Trinajstić information content (AvgIpc) is 3.31. The number of likely N-dealkylation sites (tertiary alicyclic amines) is 1. The molecule has 1 aromatic carbocycles. The number of benzene rings is 1. The molecule has 1 atom stereocenters. The Balaban J connectivity index is 1.58. The third kappa shape index (κ3) is 2.95. The quantitative estimate of drug-likeness (QED) is 0.739. The minimum atomic E-state index is 0.0313. The number of carbonyl (C=O) groups excluding carboxylic acids is 1. The van der Waals surface area contributed by atoms with Crippen molar-refractivity contribution < 1.29 is 4.79 Å². The Bertz CT molecular complexity index is 867. The maximum atomic E-state index is 13.1. The highest BCUT2D eigenvalue weighted by atomic mass is 16.2. The van der Waals surface area contributed by atoms with Crippen LogP contribution < -0.4 is 0 Å². The first-order chi connectivity index (χ1) is 12.2. The van der Waals surface area contributed by atoms with Crippen LogP contribution in [0.15, 0.2) is 55.2 Å². The van der Waals surface area contributed by atoms with Crippen molar-refractivity contribution in [2.45, 2.75) is 25.8 Å². The summed E-state index contributed by atoms with van der Waals surface area (Å²) in [6.07, 6.45) is 9.24. The van der Waals surface area contributed by atoms with Crippen LogP contribution in [-0.2, 0) is 0 Å². The van der Waals surface area contributed by atoms with Gasteiger partial charge in [-0.15, -0.1) is 0 Å². The van der Waals surface area contributed by atoms with Crippen LogP contribution in [0.4, 0.5) is 0 Å². The highest BCUT2D eigenvalue weighted by molar-refractivity contribution is 5.93. The van der Waals surface area contributed by atoms with E-state index in [1.165, 1.54) is 0 Å². The number of aryl methyl sites for hydroxylation is 1. The summed E-state index contributed by atoms with van der Waals surface area (Å²) in [5.41, 5.74) is 1.55. The predicted molar refractivity (Wildman–Crippen MR) is 94.7 cm³/mol. The Hall–Kier alpha value is -2.89. The molecule has 6 heteroatoms. The first kappa shape index (κ1) is 15.6. The maximum absolute atomic E-state index is 13.1. The summed E-state index contributed by atoms with van der Waals surface area (Å²) < 4.78 is 4.03. The van der Waals surface area contributed by atoms with Gasteiger partial charge in [0.05, 0.1) is 18.6 Å². The van der Waals surface area contributed by atoms with Gasteiger partial charge in [0.25, 0.3) is 5.91 Å². The number of aromatic nitrogens is 4. The van der Waals surface area contributed by atoms with Crippen molar-refractivity contribution in [1.82, 2.24) is 24.0 Å². The molecule has 0 radical (unpaired) electrons. The molecule has 1 aliphatic rings. The minimum absolute atomic E-state index is 0.0313. The SMILES string of the molecule is Cc1nccn1C1CCCN(C(=O)c2cncn2-c2ccccc2)C1. The fourth-order valence-electron chi connectivity index (χ4n) is 3.55. The first-order valence-corrected chi connectivity index (χ1v) is 8.60. The van der Waals surface area contributed by atoms with Crippen molar-refractivity contribution in [1.29, 1.82) is 0 Å². The van der Waals surface area contributed by atoms with Crippen LogP contribution in [0, 0.1) is 6.92 Å². The molecule has 3 aromatic rings. The fraction of sp³-hybridized carbons (Fsp3) is 0.316. The number of amides is 1. The third-order valence-corrected chi connectivity index (χ3v) is 4.83. The Morgan fingerprint density at radius 2 is 2.08 bits per heavy atom. The lowest BCUT2D eigenvalue weighted by Crippen LogP contribution is -2.41. The van der Waals surface area contributed by atoms with Crippen molar-refractivity contribution in [3.63, 3.8) is 0 Å². The fourth-order valence-corrected chi connectivity index (χ4v) is 3.55. The molecule has 128 valence electrons. The van der Waals surface area contributed by atoms with E-state index in [1.807, 2.05) is 59.1 Å². The Morgan fingerprint density at radius 3 is 2.84 bits per heavy atom. The lowest BCUT2D eigenvalue weighted by atomic mass is 10.0. The summed E-state index contributed by atoms with van der Waals surface area (Å²) in [5, 5.41) is 0. The molecule has 3 heterocycles. The number of hydrogen-bond acceptors (Lipinski definition) is 3. The van der Waals surface area contributed by atoms with Gasteiger partial charge < -0.3 is 9.47 Å². The van der Waals surface area contributed by atoms with E-state index in [1.54, 1.807) is 12.5 Å². The van der Waals surface area contributed by atoms with Crippen LogP contribution in [0.3, 0.4) is 0 Å². The average molecular weight is 335 g/mol. The molecular weight excluding hydrogens is 314 g/mol. The van der Waals surface area contributed by atoms with Gasteiger partial charge in [-0.3, -0.25) is 9.36 Å². The van der Waals surface area contributed by atoms with E-state index in [9.17, 15) is 4.79 Å². The van der Waals surface area contributed by atoms with E-state index in [-0.39, 0.29) is 11.9 Å². The van der Waals surface area contributed by atoms with Gasteiger partial charge in [-0.2, -0.15) is 0 Å². The monoisotopic (exact) mass is 335 g/mol. The van der Waals surface area contributed by atoms with Crippen LogP contribution in [0.25, 0.3) is 5.69 Å². The lowest BCUT2D eigenvalue weighted by Gasteiger charge is -2.34. The molecule has 2 aromatic heterocycles. The Labute approximate surface area is 146 Å². The number of carbonyl (C=O) groups is 1. The number of imidazole rings is 2. The van der Waals surface area contributed by atoms with Gasteiger partial charge in [-0.1, -0.05) is 18.2 Å². The standard InChI is InChI=1S/C19H21N5O/c1-15-21-9-11-23(15)17-8-5-10-22(13-17)19(25)18-12-20-14-24(18)16-6-3-2-4-7-16/h2-4,6-7,9,11-12,14,17H,5,8,10,13H2,1H3. The van der Waals surface area contributed by atoms with E-state index in [4.69, 9.17) is 0 Å². The highest BCUT2D eigenvalue weighted by Gasteiger charge is 2.27. The van der Waals surface area contributed by atoms with Crippen LogP contribution in [0.2, 0.25) is 0 Å². The Morgan fingerprint density at radius 1 is 1.24 bits per heavy atom. The summed E-state index contributed by atoms with van der Waals surface area (Å²) in [4.78, 5) is 23.5. The first-order valence-electron chi connectivity index (χ1n) is 8.60. The topological polar surface area (TPSA) is 56.0 Å². The second kappa shape index (κ2) is 6.55. The van der Waals surface area contributed by atoms with Gasteiger partial charge in [0.2, 0.25) is 0 Å². The van der Waals surface area contributed by atoms with Gasteiger partial charge in [0.1, 0.15) is 11.5 Å². The summed E-state index contributed by atoms with van der Waals surface area (Å²) in [6, 6.07) is 10.1. The molecule has 0 aliphatic carbocycles. The third-order valence-electron chi connectivity index (χ3n) is 4.83. The Kier molecular flexibility index (Phi) is 4.09. The van der Waals surface area contributed by atoms with Gasteiger partial charge in [-0.25, -0.2) is 9.97 Å². The van der Waals surface area contributed by atoms with Crippen molar-refractivity contribution in [2.75, 3.05) is 13.1 Å². The molecule has 0 bridgehead atoms. The molecule has 1 aliphatic heterocycles. The predicted octanol–water partition coefficient (Wildman–Crippen LogP) is 2.85. The molecule has 0 spiro atoms. The van der Waals surface area contributed by atoms with Gasteiger partial charge in [0.15, 0.2) is 0 Å². The number of para-hydroxylation sites is 1. The zero-order valence-electron chi connectivity index (χ0n) is 14.2. The molecule has 25 heavy (non-hydrogen) atoms. The molecule has 0 N–H and O–H groups in total. The maximum Gasteiger partial charge on any atom is 0.272 e. The number of rotatable bonds is 3. The summed E-state index contributed by atoms with van der Waals surface area (Å²) in [6.45, 7) is 3.49. The van der Waals surface area contributed by atoms with E-state index >= 15 is 0 Å². The van der Waals surface area contributed by atoms with Crippen LogP contribution in [0.1, 0.15) is 35.2 Å². The number of hydrogen-bond donors (Lipinski definition) is 0. The minimum Gasteiger partial charge on any atom is -0.335 e. The van der Waals surface area contributed by atoms with Crippen molar-refractivity contribution >= 4 is 5.91 Å². The normalized spacial score (nSPS) is 17.6. The van der Waals surface area contributed by atoms with Crippen molar-refractivity contribution in [3.8, 4) is 5.69 Å². The second-order valence-electron chi connectivity index (χ2n) is 6.41. The summed E-state index contributed by atoms with van der Waals surface area (Å²) in [5.74, 6) is 1.03. The van der Waals surface area contributed by atoms with E-state index < -0.39 is 0 Å². The smallest absolute Gasteiger partial charge is 0.272 e. The number of piperidine rings is 1. The van der Waals surface area contributed by atoms with E-state index in [0.29, 0.717) is 12.2 Å². The van der Waals surface area contributed by atoms with Gasteiger partial charge >= 0.3 is 0 Å². The molecule has 6 nitrogen and oxygen atoms in total. The van der Waals surface area contributed by atoms with Crippen LogP contribution in [-0.4, -0.2) is 43.0 Å². The summed E-state index contributed by atoms with van der Waals surface area (Å²) >= 11 is 0. The van der Waals surface area contributed by atoms with Crippen molar-refractivity contribution in [2.24, 2.45) is 0 Å². The van der Waals surface area contributed by atoms with E-state index in [2.05, 4.69) is 14.5 Å². The zero-order valence-corrected chi connectivity index (χ0v) is 14.2. The molecule has 1 unspecified atom stereocenters. The number of nitrogens with zero attached hydrogens (tertiary/aromatic N) is 5. The molecule has 1 saturated heterocycles. The molecule has 0 saturated carbocycles. The molecule has 4 rings (SSSR count). The zero-order chi connectivity index (χ0) is 17.2. The largest absolute Gasteiger partial charge is 0.335 e. The second-order valence-corrected chi connectivity index (χ2v) is 6.41. The molecule has 1 fully saturated rings. The molecule has 1 amide bonds. The molecular formula is C19H21N5O. The van der Waals surface area contributed by atoms with Crippen LogP contribution in [0.5, 0.6) is 0 Å². The summed E-state index contributed by atoms with van der Waals surface area (Å²) in [7, 11) is 0. The van der Waals surface area contributed by atoms with Gasteiger partial charge in [-0.05, 0) is 31.9 Å². The van der Waals surface area contributed by atoms with E-state index in [0.717, 1.165) is 30.9 Å². The lowest BCUT2D eigenvalue weighted by molar-refractivity contribution is 0.0670. The van der Waals surface area contributed by atoms with Gasteiger partial charge in [0, 0.05) is 31.2 Å². The van der Waals surface area contributed by atoms with Crippen molar-refractivity contribution in [3.05, 3.63) is 66.8 Å². The highest BCUT2D eigenvalue weighted by Crippen LogP contribution is 2.24. The van der Waals surface area contributed by atoms with Crippen LogP contribution >= 0.6 is 0 Å².